The van der Waals surface area contributed by atoms with Gasteiger partial charge in [0.25, 0.3) is 0 Å². The largest absolute Gasteiger partial charge is 0.390 e. The molecular weight excluding hydrogens is 210 g/mol. The Hall–Kier alpha value is -0.860. The second kappa shape index (κ2) is 4.43. The predicted octanol–water partition coefficient (Wildman–Crippen LogP) is 2.38. The summed E-state index contributed by atoms with van der Waals surface area (Å²) in [4.78, 5) is 0. The first kappa shape index (κ1) is 12.6. The zero-order chi connectivity index (χ0) is 12.5. The van der Waals surface area contributed by atoms with Gasteiger partial charge < -0.3 is 10.8 Å². The van der Waals surface area contributed by atoms with Crippen molar-refractivity contribution in [1.82, 2.24) is 0 Å². The summed E-state index contributed by atoms with van der Waals surface area (Å²) in [6, 6.07) is 8.58. The Labute approximate surface area is 104 Å². The van der Waals surface area contributed by atoms with Gasteiger partial charge in [0.2, 0.25) is 0 Å². The van der Waals surface area contributed by atoms with E-state index < -0.39 is 5.60 Å². The molecule has 0 unspecified atom stereocenters. The van der Waals surface area contributed by atoms with E-state index in [1.54, 1.807) is 0 Å². The molecule has 1 aromatic carbocycles. The van der Waals surface area contributed by atoms with Gasteiger partial charge >= 0.3 is 0 Å². The summed E-state index contributed by atoms with van der Waals surface area (Å²) in [5.41, 5.74) is 8.06. The number of aliphatic hydroxyl groups is 1. The average molecular weight is 233 g/mol. The van der Waals surface area contributed by atoms with Crippen LogP contribution in [0, 0.1) is 0 Å². The van der Waals surface area contributed by atoms with Crippen molar-refractivity contribution >= 4 is 0 Å². The van der Waals surface area contributed by atoms with Gasteiger partial charge in [-0.3, -0.25) is 0 Å². The molecule has 2 heteroatoms. The smallest absolute Gasteiger partial charge is 0.0631 e. The Morgan fingerprint density at radius 1 is 1.35 bits per heavy atom. The molecule has 1 fully saturated rings. The fourth-order valence-electron chi connectivity index (χ4n) is 2.72. The van der Waals surface area contributed by atoms with E-state index in [9.17, 15) is 5.11 Å². The normalized spacial score (nSPS) is 18.8. The average Bonchev–Trinajstić information content (AvgIpc) is 2.14. The molecule has 1 saturated carbocycles. The van der Waals surface area contributed by atoms with Gasteiger partial charge in [0.1, 0.15) is 0 Å². The lowest BCUT2D eigenvalue weighted by Gasteiger charge is -2.41. The van der Waals surface area contributed by atoms with Gasteiger partial charge in [0, 0.05) is 18.4 Å². The molecule has 0 amide bonds. The van der Waals surface area contributed by atoms with E-state index in [0.717, 1.165) is 6.54 Å². The first-order valence-electron chi connectivity index (χ1n) is 6.47. The van der Waals surface area contributed by atoms with Crippen LogP contribution in [0.15, 0.2) is 24.3 Å². The molecular formula is C15H23NO. The SMILES string of the molecule is CC(C)(O)Cc1cccc(C2(CN)CCC2)c1. The number of rotatable bonds is 4. The van der Waals surface area contributed by atoms with E-state index in [4.69, 9.17) is 5.73 Å². The maximum atomic E-state index is 9.87. The topological polar surface area (TPSA) is 46.2 Å². The molecule has 94 valence electrons. The lowest BCUT2D eigenvalue weighted by molar-refractivity contribution is 0.0809. The minimum atomic E-state index is -0.645. The summed E-state index contributed by atoms with van der Waals surface area (Å²) in [6.07, 6.45) is 4.39. The lowest BCUT2D eigenvalue weighted by Crippen LogP contribution is -2.41. The summed E-state index contributed by atoms with van der Waals surface area (Å²) in [7, 11) is 0. The fourth-order valence-corrected chi connectivity index (χ4v) is 2.72. The van der Waals surface area contributed by atoms with Crippen LogP contribution in [0.1, 0.15) is 44.2 Å². The number of nitrogens with two attached hydrogens (primary N) is 1. The molecule has 2 nitrogen and oxygen atoms in total. The lowest BCUT2D eigenvalue weighted by atomic mass is 9.64. The van der Waals surface area contributed by atoms with Crippen LogP contribution in [0.3, 0.4) is 0 Å². The molecule has 0 atom stereocenters. The summed E-state index contributed by atoms with van der Waals surface area (Å²) in [5, 5.41) is 9.87. The molecule has 17 heavy (non-hydrogen) atoms. The highest BCUT2D eigenvalue weighted by Crippen LogP contribution is 2.43. The molecule has 0 heterocycles. The molecule has 1 aromatic rings. The third-order valence-corrected chi connectivity index (χ3v) is 3.88. The maximum absolute atomic E-state index is 9.87. The molecule has 0 radical (unpaired) electrons. The second-order valence-electron chi connectivity index (χ2n) is 6.03. The Morgan fingerprint density at radius 3 is 2.53 bits per heavy atom. The van der Waals surface area contributed by atoms with Gasteiger partial charge in [-0.05, 0) is 37.8 Å². The van der Waals surface area contributed by atoms with Crippen molar-refractivity contribution in [1.29, 1.82) is 0 Å². The number of benzene rings is 1. The third-order valence-electron chi connectivity index (χ3n) is 3.88. The summed E-state index contributed by atoms with van der Waals surface area (Å²) in [6.45, 7) is 4.43. The summed E-state index contributed by atoms with van der Waals surface area (Å²) in [5.74, 6) is 0. The van der Waals surface area contributed by atoms with Crippen molar-refractivity contribution in [2.24, 2.45) is 5.73 Å². The maximum Gasteiger partial charge on any atom is 0.0631 e. The van der Waals surface area contributed by atoms with Crippen molar-refractivity contribution in [3.05, 3.63) is 35.4 Å². The molecule has 0 aromatic heterocycles. The monoisotopic (exact) mass is 233 g/mol. The van der Waals surface area contributed by atoms with Crippen molar-refractivity contribution in [2.45, 2.75) is 50.5 Å². The Bertz CT molecular complexity index is 383. The first-order chi connectivity index (χ1) is 7.95. The van der Waals surface area contributed by atoms with Gasteiger partial charge in [0.05, 0.1) is 5.60 Å². The van der Waals surface area contributed by atoms with Gasteiger partial charge in [-0.15, -0.1) is 0 Å². The van der Waals surface area contributed by atoms with Crippen LogP contribution in [-0.2, 0) is 11.8 Å². The zero-order valence-electron chi connectivity index (χ0n) is 10.9. The molecule has 1 aliphatic carbocycles. The Balaban J connectivity index is 2.22. The predicted molar refractivity (Wildman–Crippen MR) is 71.0 cm³/mol. The molecule has 1 aliphatic rings. The molecule has 0 spiro atoms. The fraction of sp³-hybridized carbons (Fsp3) is 0.600. The van der Waals surface area contributed by atoms with Gasteiger partial charge in [-0.2, -0.15) is 0 Å². The van der Waals surface area contributed by atoms with Crippen molar-refractivity contribution in [3.8, 4) is 0 Å². The second-order valence-corrected chi connectivity index (χ2v) is 6.03. The van der Waals surface area contributed by atoms with E-state index in [2.05, 4.69) is 24.3 Å². The molecule has 0 bridgehead atoms. The quantitative estimate of drug-likeness (QED) is 0.838. The van der Waals surface area contributed by atoms with E-state index in [-0.39, 0.29) is 5.41 Å². The Morgan fingerprint density at radius 2 is 2.06 bits per heavy atom. The summed E-state index contributed by atoms with van der Waals surface area (Å²) >= 11 is 0. The highest BCUT2D eigenvalue weighted by atomic mass is 16.3. The third kappa shape index (κ3) is 2.70. The first-order valence-corrected chi connectivity index (χ1v) is 6.47. The summed E-state index contributed by atoms with van der Waals surface area (Å²) < 4.78 is 0. The highest BCUT2D eigenvalue weighted by Gasteiger charge is 2.37. The molecule has 0 aliphatic heterocycles. The number of hydrogen-bond donors (Lipinski definition) is 2. The van der Waals surface area contributed by atoms with Crippen molar-refractivity contribution in [2.75, 3.05) is 6.54 Å². The van der Waals surface area contributed by atoms with Crippen LogP contribution < -0.4 is 5.73 Å². The molecule has 2 rings (SSSR count). The van der Waals surface area contributed by atoms with Crippen LogP contribution in [-0.4, -0.2) is 17.3 Å². The van der Waals surface area contributed by atoms with Crippen LogP contribution in [0.5, 0.6) is 0 Å². The minimum absolute atomic E-state index is 0.218. The van der Waals surface area contributed by atoms with Crippen LogP contribution in [0.2, 0.25) is 0 Å². The van der Waals surface area contributed by atoms with Crippen LogP contribution in [0.25, 0.3) is 0 Å². The van der Waals surface area contributed by atoms with Crippen molar-refractivity contribution < 1.29 is 5.11 Å². The molecule has 0 saturated heterocycles. The molecule has 3 N–H and O–H groups in total. The standard InChI is InChI=1S/C15H23NO/c1-14(2,17)10-12-5-3-6-13(9-12)15(11-16)7-4-8-15/h3,5-6,9,17H,4,7-8,10-11,16H2,1-2H3. The van der Waals surface area contributed by atoms with E-state index in [1.165, 1.54) is 30.4 Å². The van der Waals surface area contributed by atoms with Gasteiger partial charge in [0.15, 0.2) is 0 Å². The van der Waals surface area contributed by atoms with E-state index in [1.807, 2.05) is 13.8 Å². The van der Waals surface area contributed by atoms with Crippen molar-refractivity contribution in [3.63, 3.8) is 0 Å². The van der Waals surface area contributed by atoms with Gasteiger partial charge in [-0.1, -0.05) is 30.7 Å². The number of hydrogen-bond acceptors (Lipinski definition) is 2. The zero-order valence-corrected chi connectivity index (χ0v) is 10.9. The van der Waals surface area contributed by atoms with E-state index in [0.29, 0.717) is 6.42 Å². The minimum Gasteiger partial charge on any atom is -0.390 e. The van der Waals surface area contributed by atoms with Crippen LogP contribution in [0.4, 0.5) is 0 Å². The van der Waals surface area contributed by atoms with E-state index >= 15 is 0 Å². The van der Waals surface area contributed by atoms with Crippen LogP contribution >= 0.6 is 0 Å². The highest BCUT2D eigenvalue weighted by molar-refractivity contribution is 5.33. The Kier molecular flexibility index (Phi) is 3.28. The van der Waals surface area contributed by atoms with Gasteiger partial charge in [-0.25, -0.2) is 0 Å².